The van der Waals surface area contributed by atoms with E-state index in [0.29, 0.717) is 13.0 Å². The molecule has 4 heteroatoms. The van der Waals surface area contributed by atoms with Gasteiger partial charge in [0.25, 0.3) is 0 Å². The van der Waals surface area contributed by atoms with Gasteiger partial charge < -0.3 is 5.32 Å². The lowest BCUT2D eigenvalue weighted by Crippen LogP contribution is -2.24. The molecule has 1 amide bonds. The van der Waals surface area contributed by atoms with Crippen LogP contribution in [0.5, 0.6) is 0 Å². The first kappa shape index (κ1) is 13.6. The Labute approximate surface area is 117 Å². The minimum atomic E-state index is 0.0358. The van der Waals surface area contributed by atoms with E-state index in [9.17, 15) is 4.79 Å². The van der Waals surface area contributed by atoms with E-state index in [1.54, 1.807) is 24.2 Å². The van der Waals surface area contributed by atoms with Crippen molar-refractivity contribution in [3.8, 4) is 0 Å². The topological polar surface area (TPSA) is 42.0 Å². The predicted molar refractivity (Wildman–Crippen MR) is 78.0 cm³/mol. The summed E-state index contributed by atoms with van der Waals surface area (Å²) in [5.41, 5.74) is 2.09. The Morgan fingerprint density at radius 3 is 2.42 bits per heavy atom. The number of nitrogens with zero attached hydrogens (tertiary/aromatic N) is 1. The number of thioether (sulfide) groups is 1. The molecule has 1 N–H and O–H groups in total. The second-order valence-corrected chi connectivity index (χ2v) is 5.04. The zero-order valence-corrected chi connectivity index (χ0v) is 11.6. The number of hydrogen-bond donors (Lipinski definition) is 1. The van der Waals surface area contributed by atoms with Gasteiger partial charge in [-0.05, 0) is 41.6 Å². The van der Waals surface area contributed by atoms with Crippen LogP contribution in [-0.2, 0) is 17.8 Å². The van der Waals surface area contributed by atoms with Crippen molar-refractivity contribution < 1.29 is 4.79 Å². The fourth-order valence-corrected chi connectivity index (χ4v) is 2.10. The van der Waals surface area contributed by atoms with E-state index >= 15 is 0 Å². The minimum Gasteiger partial charge on any atom is -0.352 e. The summed E-state index contributed by atoms with van der Waals surface area (Å²) in [4.78, 5) is 17.0. The lowest BCUT2D eigenvalue weighted by Gasteiger charge is -2.05. The van der Waals surface area contributed by atoms with Crippen LogP contribution >= 0.6 is 11.8 Å². The van der Waals surface area contributed by atoms with Gasteiger partial charge in [0.2, 0.25) is 5.91 Å². The second kappa shape index (κ2) is 6.95. The number of nitrogens with one attached hydrogen (secondary N) is 1. The first-order valence-electron chi connectivity index (χ1n) is 6.06. The monoisotopic (exact) mass is 272 g/mol. The number of aromatic nitrogens is 1. The van der Waals surface area contributed by atoms with Gasteiger partial charge in [0.15, 0.2) is 0 Å². The average molecular weight is 272 g/mol. The summed E-state index contributed by atoms with van der Waals surface area (Å²) < 4.78 is 0. The summed E-state index contributed by atoms with van der Waals surface area (Å²) >= 11 is 1.70. The summed E-state index contributed by atoms with van der Waals surface area (Å²) in [5.74, 6) is 0.0358. The van der Waals surface area contributed by atoms with E-state index in [1.165, 1.54) is 4.90 Å². The summed E-state index contributed by atoms with van der Waals surface area (Å²) in [6, 6.07) is 11.9. The number of hydrogen-bond acceptors (Lipinski definition) is 3. The van der Waals surface area contributed by atoms with Crippen molar-refractivity contribution in [2.45, 2.75) is 17.9 Å². The van der Waals surface area contributed by atoms with Crippen LogP contribution in [0.25, 0.3) is 0 Å². The maximum Gasteiger partial charge on any atom is 0.224 e. The molecule has 0 unspecified atom stereocenters. The molecule has 0 bridgehead atoms. The van der Waals surface area contributed by atoms with Crippen LogP contribution in [0, 0.1) is 0 Å². The molecule has 1 heterocycles. The number of rotatable bonds is 5. The maximum atomic E-state index is 11.8. The highest BCUT2D eigenvalue weighted by molar-refractivity contribution is 7.98. The van der Waals surface area contributed by atoms with Gasteiger partial charge in [-0.3, -0.25) is 9.78 Å². The Hall–Kier alpha value is -1.81. The Bertz CT molecular complexity index is 526. The lowest BCUT2D eigenvalue weighted by atomic mass is 10.1. The molecule has 0 saturated heterocycles. The smallest absolute Gasteiger partial charge is 0.224 e. The summed E-state index contributed by atoms with van der Waals surface area (Å²) in [5, 5.41) is 2.90. The van der Waals surface area contributed by atoms with Crippen LogP contribution in [-0.4, -0.2) is 17.1 Å². The van der Waals surface area contributed by atoms with E-state index < -0.39 is 0 Å². The Morgan fingerprint density at radius 1 is 1.11 bits per heavy atom. The fourth-order valence-electron chi connectivity index (χ4n) is 1.69. The molecule has 0 aliphatic heterocycles. The van der Waals surface area contributed by atoms with Gasteiger partial charge in [-0.1, -0.05) is 12.1 Å². The molecule has 3 nitrogen and oxygen atoms in total. The molecule has 0 saturated carbocycles. The highest BCUT2D eigenvalue weighted by Gasteiger charge is 2.03. The van der Waals surface area contributed by atoms with Crippen LogP contribution in [0.1, 0.15) is 11.1 Å². The van der Waals surface area contributed by atoms with Gasteiger partial charge in [0, 0.05) is 23.8 Å². The third-order valence-corrected chi connectivity index (χ3v) is 3.51. The molecule has 1 aromatic heterocycles. The molecule has 2 aromatic rings. The largest absolute Gasteiger partial charge is 0.352 e. The van der Waals surface area contributed by atoms with Gasteiger partial charge in [0.05, 0.1) is 6.42 Å². The van der Waals surface area contributed by atoms with E-state index in [-0.39, 0.29) is 5.91 Å². The summed E-state index contributed by atoms with van der Waals surface area (Å²) in [7, 11) is 0. The van der Waals surface area contributed by atoms with Crippen molar-refractivity contribution in [1.82, 2.24) is 10.3 Å². The predicted octanol–water partition coefficient (Wildman–Crippen LogP) is 2.66. The first-order chi connectivity index (χ1) is 9.28. The zero-order valence-electron chi connectivity index (χ0n) is 10.8. The third kappa shape index (κ3) is 4.41. The molecular formula is C15H16N2OS. The van der Waals surface area contributed by atoms with Crippen LogP contribution in [0.4, 0.5) is 0 Å². The van der Waals surface area contributed by atoms with Crippen molar-refractivity contribution in [2.75, 3.05) is 6.26 Å². The number of carbonyl (C=O) groups excluding carboxylic acids is 1. The van der Waals surface area contributed by atoms with E-state index in [0.717, 1.165) is 11.1 Å². The lowest BCUT2D eigenvalue weighted by molar-refractivity contribution is -0.120. The molecule has 19 heavy (non-hydrogen) atoms. The van der Waals surface area contributed by atoms with E-state index in [2.05, 4.69) is 10.3 Å². The standard InChI is InChI=1S/C15H16N2OS/c1-19-14-4-2-12(3-5-14)10-15(18)17-11-13-6-8-16-9-7-13/h2-9H,10-11H2,1H3,(H,17,18). The second-order valence-electron chi connectivity index (χ2n) is 4.16. The Morgan fingerprint density at radius 2 is 1.79 bits per heavy atom. The highest BCUT2D eigenvalue weighted by Crippen LogP contribution is 2.15. The number of benzene rings is 1. The molecular weight excluding hydrogens is 256 g/mol. The highest BCUT2D eigenvalue weighted by atomic mass is 32.2. The fraction of sp³-hybridized carbons (Fsp3) is 0.200. The van der Waals surface area contributed by atoms with Gasteiger partial charge in [0.1, 0.15) is 0 Å². The normalized spacial score (nSPS) is 10.2. The zero-order chi connectivity index (χ0) is 13.5. The van der Waals surface area contributed by atoms with Crippen LogP contribution in [0.15, 0.2) is 53.7 Å². The van der Waals surface area contributed by atoms with Crippen molar-refractivity contribution in [3.63, 3.8) is 0 Å². The molecule has 0 fully saturated rings. The molecule has 0 aliphatic rings. The number of amides is 1. The van der Waals surface area contributed by atoms with E-state index in [1.807, 2.05) is 42.7 Å². The van der Waals surface area contributed by atoms with Gasteiger partial charge >= 0.3 is 0 Å². The quantitative estimate of drug-likeness (QED) is 0.851. The van der Waals surface area contributed by atoms with Crippen LogP contribution in [0.2, 0.25) is 0 Å². The molecule has 0 aliphatic carbocycles. The van der Waals surface area contributed by atoms with Gasteiger partial charge in [-0.2, -0.15) is 0 Å². The maximum absolute atomic E-state index is 11.8. The third-order valence-electron chi connectivity index (χ3n) is 2.76. The minimum absolute atomic E-state index is 0.0358. The average Bonchev–Trinajstić information content (AvgIpc) is 2.47. The van der Waals surface area contributed by atoms with Crippen LogP contribution in [0.3, 0.4) is 0 Å². The van der Waals surface area contributed by atoms with Crippen LogP contribution < -0.4 is 5.32 Å². The number of pyridine rings is 1. The summed E-state index contributed by atoms with van der Waals surface area (Å²) in [6.45, 7) is 0.546. The molecule has 0 radical (unpaired) electrons. The van der Waals surface area contributed by atoms with Crippen molar-refractivity contribution in [3.05, 3.63) is 59.9 Å². The molecule has 0 spiro atoms. The van der Waals surface area contributed by atoms with Gasteiger partial charge in [-0.25, -0.2) is 0 Å². The SMILES string of the molecule is CSc1ccc(CC(=O)NCc2ccncc2)cc1. The molecule has 98 valence electrons. The van der Waals surface area contributed by atoms with Crippen molar-refractivity contribution >= 4 is 17.7 Å². The Balaban J connectivity index is 1.83. The molecule has 0 atom stereocenters. The van der Waals surface area contributed by atoms with Crippen molar-refractivity contribution in [2.24, 2.45) is 0 Å². The summed E-state index contributed by atoms with van der Waals surface area (Å²) in [6.07, 6.45) is 5.90. The molecule has 1 aromatic carbocycles. The first-order valence-corrected chi connectivity index (χ1v) is 7.29. The van der Waals surface area contributed by atoms with E-state index in [4.69, 9.17) is 0 Å². The van der Waals surface area contributed by atoms with Gasteiger partial charge in [-0.15, -0.1) is 11.8 Å². The Kier molecular flexibility index (Phi) is 4.98. The molecule has 2 rings (SSSR count). The number of carbonyl (C=O) groups is 1. The van der Waals surface area contributed by atoms with Crippen molar-refractivity contribution in [1.29, 1.82) is 0 Å².